The van der Waals surface area contributed by atoms with E-state index in [1.54, 1.807) is 6.08 Å². The number of aliphatic hydroxyl groups excluding tert-OH is 2. The van der Waals surface area contributed by atoms with Gasteiger partial charge < -0.3 is 15.5 Å². The Morgan fingerprint density at radius 1 is 1.53 bits per heavy atom. The fraction of sp³-hybridized carbons (Fsp3) is 0.538. The number of hydrogen-bond donors (Lipinski definition) is 3. The standard InChI is InChI=1S/C13H18N2O3S/c1-8-14-9(7-19-8)5-6-12(17)15-10-3-2-4-11(16)13(10)18/h5-7,10-11,13,16,18H,2-4H2,1H3,(H,15,17)/b6-5+/t10-,11-,13-/m1/s1. The predicted octanol–water partition coefficient (Wildman–Crippen LogP) is 0.855. The minimum Gasteiger partial charge on any atom is -0.390 e. The molecule has 19 heavy (non-hydrogen) atoms. The number of nitrogens with one attached hydrogen (secondary N) is 1. The topological polar surface area (TPSA) is 82.5 Å². The molecular weight excluding hydrogens is 264 g/mol. The molecule has 6 heteroatoms. The predicted molar refractivity (Wildman–Crippen MR) is 73.7 cm³/mol. The molecule has 0 spiro atoms. The first kappa shape index (κ1) is 14.2. The zero-order valence-corrected chi connectivity index (χ0v) is 11.6. The minimum absolute atomic E-state index is 0.274. The Labute approximate surface area is 116 Å². The number of rotatable bonds is 3. The van der Waals surface area contributed by atoms with Crippen LogP contribution in [0.1, 0.15) is 30.0 Å². The second-order valence-corrected chi connectivity index (χ2v) is 5.79. The molecule has 104 valence electrons. The third-order valence-electron chi connectivity index (χ3n) is 3.19. The van der Waals surface area contributed by atoms with Crippen LogP contribution in [-0.4, -0.2) is 39.4 Å². The van der Waals surface area contributed by atoms with Crippen molar-refractivity contribution in [1.82, 2.24) is 10.3 Å². The van der Waals surface area contributed by atoms with Gasteiger partial charge in [-0.1, -0.05) is 0 Å². The van der Waals surface area contributed by atoms with Crippen LogP contribution in [0.25, 0.3) is 6.08 Å². The number of hydrogen-bond acceptors (Lipinski definition) is 5. The number of thiazole rings is 1. The van der Waals surface area contributed by atoms with Gasteiger partial charge in [0.15, 0.2) is 0 Å². The van der Waals surface area contributed by atoms with Crippen LogP contribution in [0, 0.1) is 6.92 Å². The normalized spacial score (nSPS) is 27.6. The number of carbonyl (C=O) groups is 1. The molecule has 1 aromatic rings. The van der Waals surface area contributed by atoms with Gasteiger partial charge in [-0.25, -0.2) is 4.98 Å². The van der Waals surface area contributed by atoms with E-state index in [1.807, 2.05) is 12.3 Å². The summed E-state index contributed by atoms with van der Waals surface area (Å²) in [7, 11) is 0. The van der Waals surface area contributed by atoms with Crippen LogP contribution in [0.2, 0.25) is 0 Å². The molecule has 0 bridgehead atoms. The van der Waals surface area contributed by atoms with Gasteiger partial charge >= 0.3 is 0 Å². The van der Waals surface area contributed by atoms with E-state index in [4.69, 9.17) is 0 Å². The van der Waals surface area contributed by atoms with Gasteiger partial charge in [-0.3, -0.25) is 4.79 Å². The summed E-state index contributed by atoms with van der Waals surface area (Å²) in [5, 5.41) is 24.9. The van der Waals surface area contributed by atoms with Crippen molar-refractivity contribution in [1.29, 1.82) is 0 Å². The molecule has 1 saturated carbocycles. The van der Waals surface area contributed by atoms with Crippen molar-refractivity contribution in [2.75, 3.05) is 0 Å². The highest BCUT2D eigenvalue weighted by Crippen LogP contribution is 2.19. The summed E-state index contributed by atoms with van der Waals surface area (Å²) < 4.78 is 0. The average Bonchev–Trinajstić information content (AvgIpc) is 2.78. The smallest absolute Gasteiger partial charge is 0.244 e. The molecular formula is C13H18N2O3S. The van der Waals surface area contributed by atoms with E-state index in [-0.39, 0.29) is 11.9 Å². The second-order valence-electron chi connectivity index (χ2n) is 4.73. The van der Waals surface area contributed by atoms with E-state index < -0.39 is 12.2 Å². The number of amides is 1. The van der Waals surface area contributed by atoms with Crippen molar-refractivity contribution < 1.29 is 15.0 Å². The van der Waals surface area contributed by atoms with Crippen LogP contribution in [0.3, 0.4) is 0 Å². The Morgan fingerprint density at radius 3 is 3.00 bits per heavy atom. The molecule has 5 nitrogen and oxygen atoms in total. The fourth-order valence-electron chi connectivity index (χ4n) is 2.16. The molecule has 0 saturated heterocycles. The maximum atomic E-state index is 11.7. The first-order valence-corrected chi connectivity index (χ1v) is 7.21. The Morgan fingerprint density at radius 2 is 2.32 bits per heavy atom. The van der Waals surface area contributed by atoms with Crippen LogP contribution in [0.4, 0.5) is 0 Å². The lowest BCUT2D eigenvalue weighted by molar-refractivity contribution is -0.119. The molecule has 0 aliphatic heterocycles. The summed E-state index contributed by atoms with van der Waals surface area (Å²) in [6.07, 6.45) is 3.50. The van der Waals surface area contributed by atoms with Crippen LogP contribution < -0.4 is 5.32 Å². The fourth-order valence-corrected chi connectivity index (χ4v) is 2.74. The lowest BCUT2D eigenvalue weighted by Crippen LogP contribution is -2.50. The van der Waals surface area contributed by atoms with Crippen molar-refractivity contribution in [3.05, 3.63) is 22.2 Å². The molecule has 1 aliphatic carbocycles. The third kappa shape index (κ3) is 3.86. The highest BCUT2D eigenvalue weighted by molar-refractivity contribution is 7.09. The maximum absolute atomic E-state index is 11.7. The number of aryl methyl sites for hydroxylation is 1. The molecule has 1 amide bonds. The molecule has 0 radical (unpaired) electrons. The maximum Gasteiger partial charge on any atom is 0.244 e. The van der Waals surface area contributed by atoms with Gasteiger partial charge in [0.1, 0.15) is 0 Å². The lowest BCUT2D eigenvalue weighted by Gasteiger charge is -2.31. The van der Waals surface area contributed by atoms with Crippen molar-refractivity contribution in [3.63, 3.8) is 0 Å². The van der Waals surface area contributed by atoms with E-state index in [0.29, 0.717) is 12.8 Å². The minimum atomic E-state index is -0.882. The number of nitrogens with zero attached hydrogens (tertiary/aromatic N) is 1. The van der Waals surface area contributed by atoms with Crippen LogP contribution in [0.15, 0.2) is 11.5 Å². The van der Waals surface area contributed by atoms with Gasteiger partial charge in [0.25, 0.3) is 0 Å². The average molecular weight is 282 g/mol. The summed E-state index contributed by atoms with van der Waals surface area (Å²) in [4.78, 5) is 15.9. The zero-order valence-electron chi connectivity index (χ0n) is 10.7. The highest BCUT2D eigenvalue weighted by Gasteiger charge is 2.30. The quantitative estimate of drug-likeness (QED) is 0.718. The molecule has 3 atom stereocenters. The summed E-state index contributed by atoms with van der Waals surface area (Å²) in [6, 6.07) is -0.377. The van der Waals surface area contributed by atoms with Crippen molar-refractivity contribution in [2.45, 2.75) is 44.4 Å². The van der Waals surface area contributed by atoms with Gasteiger partial charge in [-0.05, 0) is 32.3 Å². The van der Waals surface area contributed by atoms with Crippen LogP contribution in [0.5, 0.6) is 0 Å². The van der Waals surface area contributed by atoms with Gasteiger partial charge in [0.2, 0.25) is 5.91 Å². The molecule has 1 aromatic heterocycles. The summed E-state index contributed by atoms with van der Waals surface area (Å²) >= 11 is 1.53. The second kappa shape index (κ2) is 6.27. The Kier molecular flexibility index (Phi) is 4.68. The molecule has 3 N–H and O–H groups in total. The van der Waals surface area contributed by atoms with E-state index >= 15 is 0 Å². The van der Waals surface area contributed by atoms with Gasteiger partial charge in [-0.2, -0.15) is 0 Å². The Bertz CT molecular complexity index is 472. The Hall–Kier alpha value is -1.24. The van der Waals surface area contributed by atoms with Crippen molar-refractivity contribution in [2.24, 2.45) is 0 Å². The van der Waals surface area contributed by atoms with E-state index in [2.05, 4.69) is 10.3 Å². The van der Waals surface area contributed by atoms with E-state index in [9.17, 15) is 15.0 Å². The zero-order chi connectivity index (χ0) is 13.8. The third-order valence-corrected chi connectivity index (χ3v) is 3.98. The van der Waals surface area contributed by atoms with E-state index in [1.165, 1.54) is 17.4 Å². The van der Waals surface area contributed by atoms with Gasteiger partial charge in [0.05, 0.1) is 29.0 Å². The highest BCUT2D eigenvalue weighted by atomic mass is 32.1. The molecule has 1 fully saturated rings. The van der Waals surface area contributed by atoms with E-state index in [0.717, 1.165) is 17.1 Å². The van der Waals surface area contributed by atoms with Gasteiger partial charge in [0, 0.05) is 11.5 Å². The molecule has 0 aromatic carbocycles. The SMILES string of the molecule is Cc1nc(/C=C/C(=O)N[C@@H]2CCC[C@@H](O)[C@@H]2O)cs1. The lowest BCUT2D eigenvalue weighted by atomic mass is 9.90. The molecule has 1 aliphatic rings. The summed E-state index contributed by atoms with van der Waals surface area (Å²) in [5.41, 5.74) is 0.752. The summed E-state index contributed by atoms with van der Waals surface area (Å²) in [6.45, 7) is 1.90. The molecule has 2 rings (SSSR count). The number of carbonyl (C=O) groups excluding carboxylic acids is 1. The summed E-state index contributed by atoms with van der Waals surface area (Å²) in [5.74, 6) is -0.274. The first-order chi connectivity index (χ1) is 9.06. The first-order valence-electron chi connectivity index (χ1n) is 6.33. The van der Waals surface area contributed by atoms with Crippen LogP contribution >= 0.6 is 11.3 Å². The number of aromatic nitrogens is 1. The number of aliphatic hydroxyl groups is 2. The van der Waals surface area contributed by atoms with Crippen LogP contribution in [-0.2, 0) is 4.79 Å². The van der Waals surface area contributed by atoms with Crippen molar-refractivity contribution in [3.8, 4) is 0 Å². The van der Waals surface area contributed by atoms with Crippen molar-refractivity contribution >= 4 is 23.3 Å². The van der Waals surface area contributed by atoms with Gasteiger partial charge in [-0.15, -0.1) is 11.3 Å². The largest absolute Gasteiger partial charge is 0.390 e. The molecule has 0 unspecified atom stereocenters. The Balaban J connectivity index is 1.88. The monoisotopic (exact) mass is 282 g/mol. The molecule has 1 heterocycles.